The van der Waals surface area contributed by atoms with E-state index in [9.17, 15) is 4.79 Å². The van der Waals surface area contributed by atoms with Crippen molar-refractivity contribution < 1.29 is 14.3 Å². The van der Waals surface area contributed by atoms with Crippen LogP contribution in [0.3, 0.4) is 0 Å². The van der Waals surface area contributed by atoms with Gasteiger partial charge in [0.2, 0.25) is 0 Å². The molecule has 0 amide bonds. The molecule has 0 spiro atoms. The number of rotatable bonds is 5. The van der Waals surface area contributed by atoms with E-state index in [0.29, 0.717) is 0 Å². The molecule has 1 aromatic heterocycles. The summed E-state index contributed by atoms with van der Waals surface area (Å²) in [4.78, 5) is 11.8. The Morgan fingerprint density at radius 1 is 1.15 bits per heavy atom. The Bertz CT molecular complexity index is 599. The van der Waals surface area contributed by atoms with Crippen LogP contribution in [0.25, 0.3) is 10.9 Å². The van der Waals surface area contributed by atoms with Crippen molar-refractivity contribution in [1.82, 2.24) is 4.57 Å². The molecule has 4 nitrogen and oxygen atoms in total. The van der Waals surface area contributed by atoms with E-state index in [-0.39, 0.29) is 24.7 Å². The zero-order valence-corrected chi connectivity index (χ0v) is 12.4. The molecule has 0 aliphatic carbocycles. The third kappa shape index (κ3) is 3.32. The Morgan fingerprint density at radius 2 is 1.90 bits per heavy atom. The summed E-state index contributed by atoms with van der Waals surface area (Å²) in [5, 5.41) is 1.01. The van der Waals surface area contributed by atoms with E-state index in [1.54, 1.807) is 0 Å². The van der Waals surface area contributed by atoms with Gasteiger partial charge in [-0.05, 0) is 45.9 Å². The highest BCUT2D eigenvalue weighted by Gasteiger charge is 2.11. The minimum atomic E-state index is -0.229. The zero-order chi connectivity index (χ0) is 14.7. The van der Waals surface area contributed by atoms with Crippen molar-refractivity contribution in [3.05, 3.63) is 30.5 Å². The Balaban J connectivity index is 2.26. The summed E-state index contributed by atoms with van der Waals surface area (Å²) >= 11 is 0. The molecular formula is C16H21NO3. The van der Waals surface area contributed by atoms with E-state index in [1.165, 1.54) is 0 Å². The number of benzene rings is 1. The molecule has 0 saturated heterocycles. The monoisotopic (exact) mass is 275 g/mol. The van der Waals surface area contributed by atoms with Gasteiger partial charge in [-0.2, -0.15) is 0 Å². The second-order valence-electron chi connectivity index (χ2n) is 5.34. The van der Waals surface area contributed by atoms with Gasteiger partial charge in [-0.1, -0.05) is 6.07 Å². The van der Waals surface area contributed by atoms with Crippen molar-refractivity contribution in [2.45, 2.75) is 46.4 Å². The number of nitrogens with zero attached hydrogens (tertiary/aromatic N) is 1. The summed E-state index contributed by atoms with van der Waals surface area (Å²) in [7, 11) is 0. The Labute approximate surface area is 119 Å². The molecule has 0 unspecified atom stereocenters. The number of carbonyl (C=O) groups is 1. The first-order chi connectivity index (χ1) is 9.47. The van der Waals surface area contributed by atoms with E-state index >= 15 is 0 Å². The number of fused-ring (bicyclic) bond motifs is 1. The van der Waals surface area contributed by atoms with Gasteiger partial charge in [0.15, 0.2) is 0 Å². The van der Waals surface area contributed by atoms with Crippen LogP contribution in [-0.2, 0) is 16.1 Å². The van der Waals surface area contributed by atoms with Crippen molar-refractivity contribution in [3.8, 4) is 5.75 Å². The van der Waals surface area contributed by atoms with Gasteiger partial charge >= 0.3 is 5.97 Å². The molecule has 0 saturated carbocycles. The zero-order valence-electron chi connectivity index (χ0n) is 12.4. The van der Waals surface area contributed by atoms with Crippen molar-refractivity contribution >= 4 is 16.9 Å². The molecule has 1 aromatic carbocycles. The third-order valence-corrected chi connectivity index (χ3v) is 2.80. The number of hydrogen-bond donors (Lipinski definition) is 0. The van der Waals surface area contributed by atoms with Gasteiger partial charge in [0.1, 0.15) is 12.3 Å². The van der Waals surface area contributed by atoms with Crippen LogP contribution >= 0.6 is 0 Å². The molecule has 2 aromatic rings. The van der Waals surface area contributed by atoms with Gasteiger partial charge in [-0.15, -0.1) is 0 Å². The van der Waals surface area contributed by atoms with Crippen molar-refractivity contribution in [3.63, 3.8) is 0 Å². The molecule has 0 fully saturated rings. The van der Waals surface area contributed by atoms with Gasteiger partial charge in [0.25, 0.3) is 0 Å². The van der Waals surface area contributed by atoms with Crippen LogP contribution < -0.4 is 4.74 Å². The molecule has 0 aliphatic heterocycles. The summed E-state index contributed by atoms with van der Waals surface area (Å²) in [5.74, 6) is 0.612. The first-order valence-corrected chi connectivity index (χ1v) is 6.91. The van der Waals surface area contributed by atoms with Gasteiger partial charge in [0, 0.05) is 11.6 Å². The molecule has 0 N–H and O–H groups in total. The van der Waals surface area contributed by atoms with Crippen LogP contribution in [-0.4, -0.2) is 22.7 Å². The average Bonchev–Trinajstić information content (AvgIpc) is 2.72. The molecule has 1 heterocycles. The summed E-state index contributed by atoms with van der Waals surface area (Å²) in [6, 6.07) is 7.82. The summed E-state index contributed by atoms with van der Waals surface area (Å²) < 4.78 is 12.8. The van der Waals surface area contributed by atoms with Crippen LogP contribution in [0.1, 0.15) is 27.7 Å². The molecule has 20 heavy (non-hydrogen) atoms. The Hall–Kier alpha value is -1.97. The maximum absolute atomic E-state index is 11.8. The quantitative estimate of drug-likeness (QED) is 0.785. The molecule has 0 radical (unpaired) electrons. The maximum Gasteiger partial charge on any atom is 0.326 e. The fraction of sp³-hybridized carbons (Fsp3) is 0.438. The number of carbonyl (C=O) groups excluding carboxylic acids is 1. The van der Waals surface area contributed by atoms with E-state index in [2.05, 4.69) is 0 Å². The Morgan fingerprint density at radius 3 is 2.55 bits per heavy atom. The van der Waals surface area contributed by atoms with Crippen molar-refractivity contribution in [1.29, 1.82) is 0 Å². The second-order valence-corrected chi connectivity index (χ2v) is 5.34. The third-order valence-electron chi connectivity index (χ3n) is 2.80. The number of esters is 1. The van der Waals surface area contributed by atoms with Crippen LogP contribution in [0.2, 0.25) is 0 Å². The first kappa shape index (κ1) is 14.4. The lowest BCUT2D eigenvalue weighted by Gasteiger charge is -2.12. The normalized spacial score (nSPS) is 11.3. The standard InChI is InChI=1S/C16H21NO3/c1-11(2)19-15-7-5-6-14-13(15)8-9-17(14)10-16(18)20-12(3)4/h5-9,11-12H,10H2,1-4H3. The van der Waals surface area contributed by atoms with Gasteiger partial charge < -0.3 is 14.0 Å². The van der Waals surface area contributed by atoms with Crippen LogP contribution in [0, 0.1) is 0 Å². The largest absolute Gasteiger partial charge is 0.490 e. The molecule has 0 aliphatic rings. The lowest BCUT2D eigenvalue weighted by atomic mass is 10.2. The molecule has 4 heteroatoms. The van der Waals surface area contributed by atoms with Crippen molar-refractivity contribution in [2.75, 3.05) is 0 Å². The highest BCUT2D eigenvalue weighted by Crippen LogP contribution is 2.27. The predicted octanol–water partition coefficient (Wildman–Crippen LogP) is 3.38. The van der Waals surface area contributed by atoms with Gasteiger partial charge in [-0.25, -0.2) is 0 Å². The molecular weight excluding hydrogens is 254 g/mol. The smallest absolute Gasteiger partial charge is 0.326 e. The predicted molar refractivity (Wildman–Crippen MR) is 78.9 cm³/mol. The fourth-order valence-electron chi connectivity index (χ4n) is 2.13. The first-order valence-electron chi connectivity index (χ1n) is 6.91. The summed E-state index contributed by atoms with van der Waals surface area (Å²) in [6.07, 6.45) is 1.92. The lowest BCUT2D eigenvalue weighted by Crippen LogP contribution is -2.17. The van der Waals surface area contributed by atoms with Gasteiger partial charge in [0.05, 0.1) is 17.7 Å². The number of aromatic nitrogens is 1. The van der Waals surface area contributed by atoms with E-state index in [1.807, 2.05) is 62.7 Å². The fourth-order valence-corrected chi connectivity index (χ4v) is 2.13. The SMILES string of the molecule is CC(C)OC(=O)Cn1ccc2c(OC(C)C)cccc21. The summed E-state index contributed by atoms with van der Waals surface area (Å²) in [5.41, 5.74) is 0.976. The number of hydrogen-bond acceptors (Lipinski definition) is 3. The lowest BCUT2D eigenvalue weighted by molar-refractivity contribution is -0.148. The minimum Gasteiger partial charge on any atom is -0.490 e. The number of ether oxygens (including phenoxy) is 2. The average molecular weight is 275 g/mol. The topological polar surface area (TPSA) is 40.5 Å². The second kappa shape index (κ2) is 5.99. The van der Waals surface area contributed by atoms with E-state index in [0.717, 1.165) is 16.7 Å². The molecule has 0 atom stereocenters. The summed E-state index contributed by atoms with van der Waals surface area (Å²) in [6.45, 7) is 7.90. The molecule has 0 bridgehead atoms. The maximum atomic E-state index is 11.8. The minimum absolute atomic E-state index is 0.0934. The van der Waals surface area contributed by atoms with Crippen LogP contribution in [0.15, 0.2) is 30.5 Å². The van der Waals surface area contributed by atoms with E-state index in [4.69, 9.17) is 9.47 Å². The molecule has 108 valence electrons. The van der Waals surface area contributed by atoms with Crippen LogP contribution in [0.4, 0.5) is 0 Å². The van der Waals surface area contributed by atoms with Crippen molar-refractivity contribution in [2.24, 2.45) is 0 Å². The van der Waals surface area contributed by atoms with E-state index < -0.39 is 0 Å². The van der Waals surface area contributed by atoms with Gasteiger partial charge in [-0.3, -0.25) is 4.79 Å². The Kier molecular flexibility index (Phi) is 4.32. The highest BCUT2D eigenvalue weighted by molar-refractivity contribution is 5.87. The highest BCUT2D eigenvalue weighted by atomic mass is 16.5. The van der Waals surface area contributed by atoms with Crippen LogP contribution in [0.5, 0.6) is 5.75 Å². The molecule has 2 rings (SSSR count).